The number of likely N-dealkylation sites (tertiary alicyclic amines) is 1. The van der Waals surface area contributed by atoms with Gasteiger partial charge in [0.1, 0.15) is 5.82 Å². The predicted molar refractivity (Wildman–Crippen MR) is 118 cm³/mol. The Hall–Kier alpha value is -2.35. The Morgan fingerprint density at radius 3 is 2.77 bits per heavy atom. The molecule has 8 heteroatoms. The molecule has 3 heterocycles. The van der Waals surface area contributed by atoms with Crippen LogP contribution in [0.2, 0.25) is 0 Å². The number of hydrogen-bond acceptors (Lipinski definition) is 6. The van der Waals surface area contributed by atoms with Crippen molar-refractivity contribution >= 4 is 23.5 Å². The van der Waals surface area contributed by atoms with Crippen molar-refractivity contribution < 1.29 is 19.4 Å². The predicted octanol–water partition coefficient (Wildman–Crippen LogP) is 3.08. The van der Waals surface area contributed by atoms with Gasteiger partial charge in [0.2, 0.25) is 5.91 Å². The fourth-order valence-electron chi connectivity index (χ4n) is 5.39. The Morgan fingerprint density at radius 2 is 2.06 bits per heavy atom. The monoisotopic (exact) mass is 430 g/mol. The van der Waals surface area contributed by atoms with Crippen LogP contribution in [-0.4, -0.2) is 65.4 Å². The van der Waals surface area contributed by atoms with Gasteiger partial charge in [-0.25, -0.2) is 9.78 Å². The van der Waals surface area contributed by atoms with Gasteiger partial charge in [-0.15, -0.1) is 0 Å². The normalized spacial score (nSPS) is 28.8. The van der Waals surface area contributed by atoms with E-state index < -0.39 is 6.09 Å². The van der Waals surface area contributed by atoms with Gasteiger partial charge in [0.05, 0.1) is 30.0 Å². The van der Waals surface area contributed by atoms with Gasteiger partial charge in [-0.1, -0.05) is 0 Å². The molecule has 1 aliphatic carbocycles. The number of pyridine rings is 1. The van der Waals surface area contributed by atoms with Crippen molar-refractivity contribution in [2.75, 3.05) is 36.5 Å². The number of rotatable bonds is 4. The molecular weight excluding hydrogens is 396 g/mol. The number of amides is 2. The van der Waals surface area contributed by atoms with Crippen LogP contribution in [0, 0.1) is 12.3 Å². The van der Waals surface area contributed by atoms with E-state index in [1.165, 1.54) is 0 Å². The van der Waals surface area contributed by atoms with Crippen molar-refractivity contribution in [2.45, 2.75) is 70.9 Å². The Labute approximate surface area is 184 Å². The molecule has 0 unspecified atom stereocenters. The first-order chi connectivity index (χ1) is 14.9. The summed E-state index contributed by atoms with van der Waals surface area (Å²) in [6.45, 7) is 6.41. The van der Waals surface area contributed by atoms with Gasteiger partial charge in [-0.3, -0.25) is 10.1 Å². The molecule has 0 aromatic carbocycles. The minimum atomic E-state index is -0.482. The molecule has 1 saturated carbocycles. The number of hydrogen-bond donors (Lipinski definition) is 2. The molecule has 8 nitrogen and oxygen atoms in total. The van der Waals surface area contributed by atoms with Crippen molar-refractivity contribution in [1.29, 1.82) is 0 Å². The van der Waals surface area contributed by atoms with E-state index in [1.54, 1.807) is 13.1 Å². The Morgan fingerprint density at radius 1 is 1.29 bits per heavy atom. The lowest BCUT2D eigenvalue weighted by molar-refractivity contribution is -0.139. The summed E-state index contributed by atoms with van der Waals surface area (Å²) in [5.41, 5.74) is 1.22. The molecule has 2 aliphatic heterocycles. The maximum atomic E-state index is 13.5. The van der Waals surface area contributed by atoms with Crippen LogP contribution < -0.4 is 10.2 Å². The van der Waals surface area contributed by atoms with E-state index in [4.69, 9.17) is 4.74 Å². The van der Waals surface area contributed by atoms with Crippen LogP contribution in [0.4, 0.5) is 16.3 Å². The zero-order chi connectivity index (χ0) is 22.0. The third kappa shape index (κ3) is 4.49. The molecule has 0 bridgehead atoms. The minimum absolute atomic E-state index is 0.205. The Kier molecular flexibility index (Phi) is 6.36. The average molecular weight is 431 g/mol. The number of ether oxygens (including phenoxy) is 1. The van der Waals surface area contributed by atoms with Crippen LogP contribution >= 0.6 is 0 Å². The first kappa shape index (κ1) is 21.9. The second-order valence-electron chi connectivity index (χ2n) is 9.22. The molecule has 3 aliphatic rings. The van der Waals surface area contributed by atoms with E-state index in [0.717, 1.165) is 69.4 Å². The first-order valence-corrected chi connectivity index (χ1v) is 11.6. The highest BCUT2D eigenvalue weighted by Gasteiger charge is 2.50. The van der Waals surface area contributed by atoms with Gasteiger partial charge in [0.25, 0.3) is 0 Å². The summed E-state index contributed by atoms with van der Waals surface area (Å²) < 4.78 is 4.94. The molecular formula is C23H34N4O4. The van der Waals surface area contributed by atoms with Crippen LogP contribution in [0.15, 0.2) is 12.3 Å². The van der Waals surface area contributed by atoms with Crippen LogP contribution in [0.1, 0.15) is 57.4 Å². The second kappa shape index (κ2) is 9.02. The molecule has 1 atom stereocenters. The zero-order valence-electron chi connectivity index (χ0n) is 18.6. The maximum Gasteiger partial charge on any atom is 0.411 e. The van der Waals surface area contributed by atoms with Crippen molar-refractivity contribution in [3.8, 4) is 0 Å². The molecule has 170 valence electrons. The first-order valence-electron chi connectivity index (χ1n) is 11.6. The molecule has 1 aromatic heterocycles. The standard InChI is InChI=1S/C23H34N4O4/c1-3-31-22(30)25-19-14-24-20(13-16(19)2)26-11-4-9-23(15-26)10-12-27(21(23)29)17-5-7-18(28)8-6-17/h13-14,17-18,28H,3-12,15H2,1-2H3,(H,25,30)/t17?,18?,23-/m0/s1. The highest BCUT2D eigenvalue weighted by atomic mass is 16.5. The third-order valence-corrected chi connectivity index (χ3v) is 7.16. The second-order valence-corrected chi connectivity index (χ2v) is 9.22. The minimum Gasteiger partial charge on any atom is -0.450 e. The average Bonchev–Trinajstić information content (AvgIpc) is 3.06. The molecule has 0 radical (unpaired) electrons. The largest absolute Gasteiger partial charge is 0.450 e. The van der Waals surface area contributed by atoms with Crippen LogP contribution in [0.5, 0.6) is 0 Å². The number of aliphatic hydroxyl groups is 1. The van der Waals surface area contributed by atoms with Crippen LogP contribution in [0.25, 0.3) is 0 Å². The van der Waals surface area contributed by atoms with E-state index in [9.17, 15) is 14.7 Å². The Bertz CT molecular complexity index is 824. The summed E-state index contributed by atoms with van der Waals surface area (Å²) in [7, 11) is 0. The summed E-state index contributed by atoms with van der Waals surface area (Å²) in [5.74, 6) is 1.13. The van der Waals surface area contributed by atoms with E-state index in [0.29, 0.717) is 18.8 Å². The fourth-order valence-corrected chi connectivity index (χ4v) is 5.39. The topological polar surface area (TPSA) is 95.0 Å². The molecule has 31 heavy (non-hydrogen) atoms. The van der Waals surface area contributed by atoms with Gasteiger partial charge in [-0.05, 0) is 70.4 Å². The highest BCUT2D eigenvalue weighted by molar-refractivity contribution is 5.87. The van der Waals surface area contributed by atoms with Crippen molar-refractivity contribution in [3.05, 3.63) is 17.8 Å². The van der Waals surface area contributed by atoms with E-state index in [2.05, 4.69) is 20.1 Å². The van der Waals surface area contributed by atoms with Gasteiger partial charge in [0, 0.05) is 25.7 Å². The van der Waals surface area contributed by atoms with Gasteiger partial charge in [0.15, 0.2) is 0 Å². The molecule has 1 aromatic rings. The number of piperidine rings is 1. The van der Waals surface area contributed by atoms with E-state index >= 15 is 0 Å². The molecule has 2 amide bonds. The molecule has 2 saturated heterocycles. The van der Waals surface area contributed by atoms with Crippen LogP contribution in [0.3, 0.4) is 0 Å². The lowest BCUT2D eigenvalue weighted by atomic mass is 9.78. The SMILES string of the molecule is CCOC(=O)Nc1cnc(N2CCC[C@]3(CCN(C4CCC(O)CC4)C3=O)C2)cc1C. The van der Waals surface area contributed by atoms with Crippen molar-refractivity contribution in [3.63, 3.8) is 0 Å². The highest BCUT2D eigenvalue weighted by Crippen LogP contribution is 2.43. The molecule has 1 spiro atoms. The quantitative estimate of drug-likeness (QED) is 0.762. The molecule has 2 N–H and O–H groups in total. The Balaban J connectivity index is 1.44. The van der Waals surface area contributed by atoms with Gasteiger partial charge < -0.3 is 19.6 Å². The number of nitrogens with zero attached hydrogens (tertiary/aromatic N) is 3. The van der Waals surface area contributed by atoms with Gasteiger partial charge >= 0.3 is 6.09 Å². The number of nitrogens with one attached hydrogen (secondary N) is 1. The number of aliphatic hydroxyl groups excluding tert-OH is 1. The number of carbonyl (C=O) groups excluding carboxylic acids is 2. The number of anilines is 2. The molecule has 3 fully saturated rings. The fraction of sp³-hybridized carbons (Fsp3) is 0.696. The smallest absolute Gasteiger partial charge is 0.411 e. The lowest BCUT2D eigenvalue weighted by Crippen LogP contribution is -2.50. The summed E-state index contributed by atoms with van der Waals surface area (Å²) in [6.07, 6.45) is 7.16. The summed E-state index contributed by atoms with van der Waals surface area (Å²) in [5, 5.41) is 12.5. The van der Waals surface area contributed by atoms with Gasteiger partial charge in [-0.2, -0.15) is 0 Å². The summed E-state index contributed by atoms with van der Waals surface area (Å²) >= 11 is 0. The van der Waals surface area contributed by atoms with Crippen molar-refractivity contribution in [2.24, 2.45) is 5.41 Å². The maximum absolute atomic E-state index is 13.5. The third-order valence-electron chi connectivity index (χ3n) is 7.16. The van der Waals surface area contributed by atoms with Crippen LogP contribution in [-0.2, 0) is 9.53 Å². The van der Waals surface area contributed by atoms with Crippen molar-refractivity contribution in [1.82, 2.24) is 9.88 Å². The lowest BCUT2D eigenvalue weighted by Gasteiger charge is -2.41. The number of aryl methyl sites for hydroxylation is 1. The zero-order valence-corrected chi connectivity index (χ0v) is 18.6. The summed E-state index contributed by atoms with van der Waals surface area (Å²) in [4.78, 5) is 34.1. The van der Waals surface area contributed by atoms with E-state index in [-0.39, 0.29) is 23.5 Å². The molecule has 4 rings (SSSR count). The number of aromatic nitrogens is 1. The summed E-state index contributed by atoms with van der Waals surface area (Å²) in [6, 6.07) is 2.25. The number of carbonyl (C=O) groups is 2. The van der Waals surface area contributed by atoms with E-state index in [1.807, 2.05) is 13.0 Å².